The quantitative estimate of drug-likeness (QED) is 0.835. The van der Waals surface area contributed by atoms with Gasteiger partial charge in [-0.05, 0) is 37.3 Å². The molecular weight excluding hydrogens is 272 g/mol. The average Bonchev–Trinajstić information content (AvgIpc) is 2.53. The fraction of sp³-hybridized carbons (Fsp3) is 0.632. The molecule has 0 bridgehead atoms. The van der Waals surface area contributed by atoms with Crippen LogP contribution in [0.4, 0.5) is 0 Å². The highest BCUT2D eigenvalue weighted by Crippen LogP contribution is 2.19. The first-order valence-electron chi connectivity index (χ1n) is 8.70. The van der Waals surface area contributed by atoms with Crippen molar-refractivity contribution in [3.05, 3.63) is 35.9 Å². The lowest BCUT2D eigenvalue weighted by Gasteiger charge is -2.36. The third-order valence-corrected chi connectivity index (χ3v) is 4.46. The van der Waals surface area contributed by atoms with E-state index in [2.05, 4.69) is 54.4 Å². The molecule has 0 spiro atoms. The number of carbonyl (C=O) groups excluding carboxylic acids is 1. The molecule has 2 rings (SSSR count). The lowest BCUT2D eigenvalue weighted by Crippen LogP contribution is -2.46. The minimum absolute atomic E-state index is 0.207. The van der Waals surface area contributed by atoms with Gasteiger partial charge in [0.15, 0.2) is 0 Å². The second kappa shape index (κ2) is 8.94. The van der Waals surface area contributed by atoms with Crippen LogP contribution >= 0.6 is 0 Å². The van der Waals surface area contributed by atoms with Gasteiger partial charge < -0.3 is 5.32 Å². The Morgan fingerprint density at radius 3 is 2.77 bits per heavy atom. The summed E-state index contributed by atoms with van der Waals surface area (Å²) in [5.41, 5.74) is 1.36. The van der Waals surface area contributed by atoms with Gasteiger partial charge in [0.2, 0.25) is 5.91 Å². The minimum atomic E-state index is 0.207. The number of amides is 1. The van der Waals surface area contributed by atoms with Crippen molar-refractivity contribution < 1.29 is 4.79 Å². The number of rotatable bonds is 7. The average molecular weight is 302 g/mol. The highest BCUT2D eigenvalue weighted by Gasteiger charge is 2.22. The zero-order chi connectivity index (χ0) is 15.8. The van der Waals surface area contributed by atoms with Crippen LogP contribution in [0, 0.1) is 5.92 Å². The van der Waals surface area contributed by atoms with E-state index in [-0.39, 0.29) is 5.91 Å². The summed E-state index contributed by atoms with van der Waals surface area (Å²) in [5.74, 6) is 0.800. The third kappa shape index (κ3) is 5.80. The number of carbonyl (C=O) groups is 1. The summed E-state index contributed by atoms with van der Waals surface area (Å²) in [7, 11) is 0. The molecule has 1 aromatic carbocycles. The van der Waals surface area contributed by atoms with E-state index in [1.807, 2.05) is 0 Å². The van der Waals surface area contributed by atoms with Crippen LogP contribution in [0.5, 0.6) is 0 Å². The lowest BCUT2D eigenvalue weighted by atomic mass is 10.0. The fourth-order valence-electron chi connectivity index (χ4n) is 3.06. The summed E-state index contributed by atoms with van der Waals surface area (Å²) < 4.78 is 0. The van der Waals surface area contributed by atoms with Crippen molar-refractivity contribution in [3.8, 4) is 0 Å². The molecule has 1 aromatic rings. The van der Waals surface area contributed by atoms with Crippen LogP contribution in [0.1, 0.15) is 51.5 Å². The van der Waals surface area contributed by atoms with Gasteiger partial charge in [0.05, 0.1) is 0 Å². The molecular formula is C19H30N2O. The molecule has 122 valence electrons. The van der Waals surface area contributed by atoms with Gasteiger partial charge in [0, 0.05) is 25.6 Å². The van der Waals surface area contributed by atoms with Gasteiger partial charge in [-0.25, -0.2) is 0 Å². The number of likely N-dealkylation sites (tertiary alicyclic amines) is 1. The summed E-state index contributed by atoms with van der Waals surface area (Å²) in [5, 5.41) is 3.14. The van der Waals surface area contributed by atoms with Crippen molar-refractivity contribution in [1.29, 1.82) is 0 Å². The van der Waals surface area contributed by atoms with Gasteiger partial charge >= 0.3 is 0 Å². The second-order valence-electron chi connectivity index (χ2n) is 6.84. The number of piperidine rings is 1. The maximum absolute atomic E-state index is 11.9. The van der Waals surface area contributed by atoms with Gasteiger partial charge in [-0.1, -0.05) is 50.6 Å². The van der Waals surface area contributed by atoms with E-state index in [1.54, 1.807) is 0 Å². The Labute approximate surface area is 135 Å². The van der Waals surface area contributed by atoms with Gasteiger partial charge in [-0.15, -0.1) is 0 Å². The first-order valence-corrected chi connectivity index (χ1v) is 8.70. The van der Waals surface area contributed by atoms with Gasteiger partial charge in [0.1, 0.15) is 0 Å². The lowest BCUT2D eigenvalue weighted by molar-refractivity contribution is -0.121. The summed E-state index contributed by atoms with van der Waals surface area (Å²) in [6, 6.07) is 11.1. The maximum Gasteiger partial charge on any atom is 0.220 e. The van der Waals surface area contributed by atoms with Crippen LogP contribution in [-0.4, -0.2) is 29.9 Å². The van der Waals surface area contributed by atoms with Crippen LogP contribution in [0.2, 0.25) is 0 Å². The maximum atomic E-state index is 11.9. The van der Waals surface area contributed by atoms with E-state index in [1.165, 1.54) is 24.8 Å². The monoisotopic (exact) mass is 302 g/mol. The molecule has 1 heterocycles. The molecule has 0 aromatic heterocycles. The van der Waals surface area contributed by atoms with E-state index in [4.69, 9.17) is 0 Å². The first-order chi connectivity index (χ1) is 10.6. The van der Waals surface area contributed by atoms with E-state index in [0.717, 1.165) is 26.1 Å². The number of nitrogens with one attached hydrogen (secondary N) is 1. The summed E-state index contributed by atoms with van der Waals surface area (Å²) >= 11 is 0. The van der Waals surface area contributed by atoms with Gasteiger partial charge in [-0.2, -0.15) is 0 Å². The molecule has 1 saturated heterocycles. The Hall–Kier alpha value is -1.35. The predicted molar refractivity (Wildman–Crippen MR) is 91.6 cm³/mol. The molecule has 22 heavy (non-hydrogen) atoms. The number of hydrogen-bond donors (Lipinski definition) is 1. The molecule has 1 aliphatic heterocycles. The van der Waals surface area contributed by atoms with E-state index >= 15 is 0 Å². The zero-order valence-electron chi connectivity index (χ0n) is 14.1. The largest absolute Gasteiger partial charge is 0.355 e. The molecule has 0 saturated carbocycles. The normalized spacial score (nSPS) is 19.3. The molecule has 1 N–H and O–H groups in total. The molecule has 1 amide bonds. The summed E-state index contributed by atoms with van der Waals surface area (Å²) in [4.78, 5) is 14.5. The Morgan fingerprint density at radius 2 is 2.05 bits per heavy atom. The van der Waals surface area contributed by atoms with Gasteiger partial charge in [0.25, 0.3) is 0 Å². The molecule has 3 nitrogen and oxygen atoms in total. The number of benzene rings is 1. The highest BCUT2D eigenvalue weighted by molar-refractivity contribution is 5.75. The van der Waals surface area contributed by atoms with Crippen LogP contribution in [0.25, 0.3) is 0 Å². The predicted octanol–water partition coefficient (Wildman–Crippen LogP) is 3.59. The first kappa shape index (κ1) is 17.0. The van der Waals surface area contributed by atoms with Crippen molar-refractivity contribution in [3.63, 3.8) is 0 Å². The third-order valence-electron chi connectivity index (χ3n) is 4.46. The summed E-state index contributed by atoms with van der Waals surface area (Å²) in [6.45, 7) is 7.25. The zero-order valence-corrected chi connectivity index (χ0v) is 14.1. The van der Waals surface area contributed by atoms with E-state index < -0.39 is 0 Å². The SMILES string of the molecule is CC(C)CCC(=O)NCC1CCCCN1Cc1ccccc1. The molecule has 3 heteroatoms. The fourth-order valence-corrected chi connectivity index (χ4v) is 3.06. The van der Waals surface area contributed by atoms with E-state index in [9.17, 15) is 4.79 Å². The molecule has 1 fully saturated rings. The second-order valence-corrected chi connectivity index (χ2v) is 6.84. The topological polar surface area (TPSA) is 32.3 Å². The minimum Gasteiger partial charge on any atom is -0.355 e. The van der Waals surface area contributed by atoms with Crippen molar-refractivity contribution >= 4 is 5.91 Å². The molecule has 0 aliphatic carbocycles. The van der Waals surface area contributed by atoms with Crippen molar-refractivity contribution in [1.82, 2.24) is 10.2 Å². The Morgan fingerprint density at radius 1 is 1.27 bits per heavy atom. The van der Waals surface area contributed by atoms with Gasteiger partial charge in [-0.3, -0.25) is 9.69 Å². The summed E-state index contributed by atoms with van der Waals surface area (Å²) in [6.07, 6.45) is 5.37. The van der Waals surface area contributed by atoms with E-state index in [0.29, 0.717) is 18.4 Å². The van der Waals surface area contributed by atoms with Crippen LogP contribution in [-0.2, 0) is 11.3 Å². The number of hydrogen-bond acceptors (Lipinski definition) is 2. The van der Waals surface area contributed by atoms with Crippen LogP contribution in [0.3, 0.4) is 0 Å². The number of nitrogens with zero attached hydrogens (tertiary/aromatic N) is 1. The van der Waals surface area contributed by atoms with Crippen LogP contribution in [0.15, 0.2) is 30.3 Å². The molecule has 0 radical (unpaired) electrons. The molecule has 1 aliphatic rings. The molecule has 1 atom stereocenters. The standard InChI is InChI=1S/C19H30N2O/c1-16(2)11-12-19(22)20-14-18-10-6-7-13-21(18)15-17-8-4-3-5-9-17/h3-5,8-9,16,18H,6-7,10-15H2,1-2H3,(H,20,22). The van der Waals surface area contributed by atoms with Crippen LogP contribution < -0.4 is 5.32 Å². The highest BCUT2D eigenvalue weighted by atomic mass is 16.1. The smallest absolute Gasteiger partial charge is 0.220 e. The Bertz CT molecular complexity index is 444. The van der Waals surface area contributed by atoms with Crippen molar-refractivity contribution in [2.75, 3.05) is 13.1 Å². The Kier molecular flexibility index (Phi) is 6.91. The van der Waals surface area contributed by atoms with Crippen molar-refractivity contribution in [2.45, 2.75) is 58.5 Å². The van der Waals surface area contributed by atoms with Crippen molar-refractivity contribution in [2.24, 2.45) is 5.92 Å². The Balaban J connectivity index is 1.81. The molecule has 1 unspecified atom stereocenters.